The Morgan fingerprint density at radius 2 is 2.17 bits per heavy atom. The number of benzene rings is 1. The van der Waals surface area contributed by atoms with Crippen molar-refractivity contribution in [2.45, 2.75) is 10.4 Å². The highest BCUT2D eigenvalue weighted by molar-refractivity contribution is 8.01. The van der Waals surface area contributed by atoms with Crippen LogP contribution in [0.2, 0.25) is 0 Å². The molecule has 0 spiro atoms. The van der Waals surface area contributed by atoms with Crippen molar-refractivity contribution in [3.05, 3.63) is 24.3 Å². The highest BCUT2D eigenvalue weighted by Gasteiger charge is 2.28. The van der Waals surface area contributed by atoms with Crippen LogP contribution in [0.3, 0.4) is 0 Å². The SMILES string of the molecule is COC(=O)CSc1nnc(NC(=O)C2COc3ccccc3O2)s1. The maximum atomic E-state index is 12.2. The monoisotopic (exact) mass is 367 g/mol. The van der Waals surface area contributed by atoms with Crippen LogP contribution in [0.25, 0.3) is 0 Å². The zero-order valence-electron chi connectivity index (χ0n) is 12.6. The highest BCUT2D eigenvalue weighted by Crippen LogP contribution is 2.31. The fourth-order valence-corrected chi connectivity index (χ4v) is 3.42. The number of hydrogen-bond donors (Lipinski definition) is 1. The molecule has 1 N–H and O–H groups in total. The van der Waals surface area contributed by atoms with Crippen molar-refractivity contribution >= 4 is 40.1 Å². The number of anilines is 1. The minimum Gasteiger partial charge on any atom is -0.485 e. The van der Waals surface area contributed by atoms with Gasteiger partial charge in [-0.05, 0) is 12.1 Å². The zero-order chi connectivity index (χ0) is 16.9. The van der Waals surface area contributed by atoms with Gasteiger partial charge in [0.15, 0.2) is 15.8 Å². The standard InChI is InChI=1S/C14H13N3O5S2/c1-20-11(18)7-23-14-17-16-13(24-14)15-12(19)10-6-21-8-4-2-3-5-9(8)22-10/h2-5,10H,6-7H2,1H3,(H,15,16,19). The van der Waals surface area contributed by atoms with Gasteiger partial charge in [0.2, 0.25) is 11.2 Å². The van der Waals surface area contributed by atoms with E-state index in [1.807, 2.05) is 6.07 Å². The smallest absolute Gasteiger partial charge is 0.316 e. The number of nitrogens with zero attached hydrogens (tertiary/aromatic N) is 2. The van der Waals surface area contributed by atoms with Crippen LogP contribution in [-0.4, -0.2) is 47.6 Å². The van der Waals surface area contributed by atoms with Crippen LogP contribution in [0.1, 0.15) is 0 Å². The summed E-state index contributed by atoms with van der Waals surface area (Å²) in [7, 11) is 1.32. The maximum absolute atomic E-state index is 12.2. The minimum atomic E-state index is -0.769. The first kappa shape index (κ1) is 16.5. The molecule has 1 aromatic carbocycles. The molecule has 8 nitrogen and oxygen atoms in total. The molecule has 0 saturated carbocycles. The number of rotatable bonds is 5. The van der Waals surface area contributed by atoms with Gasteiger partial charge in [0.1, 0.15) is 6.61 Å². The third kappa shape index (κ3) is 3.95. The Morgan fingerprint density at radius 1 is 1.38 bits per heavy atom. The van der Waals surface area contributed by atoms with Crippen LogP contribution in [0.15, 0.2) is 28.6 Å². The Balaban J connectivity index is 1.56. The summed E-state index contributed by atoms with van der Waals surface area (Å²) in [5.41, 5.74) is 0. The molecule has 0 fully saturated rings. The summed E-state index contributed by atoms with van der Waals surface area (Å²) in [5.74, 6) is 0.543. The Kier molecular flexibility index (Phi) is 5.16. The van der Waals surface area contributed by atoms with E-state index < -0.39 is 6.10 Å². The number of methoxy groups -OCH3 is 1. The average Bonchev–Trinajstić information content (AvgIpc) is 3.06. The Labute approximate surface area is 145 Å². The number of carbonyl (C=O) groups is 2. The summed E-state index contributed by atoms with van der Waals surface area (Å²) in [5, 5.41) is 10.7. The molecule has 1 amide bonds. The van der Waals surface area contributed by atoms with Crippen LogP contribution < -0.4 is 14.8 Å². The van der Waals surface area contributed by atoms with Crippen molar-refractivity contribution in [1.29, 1.82) is 0 Å². The molecule has 1 unspecified atom stereocenters. The molecular weight excluding hydrogens is 354 g/mol. The lowest BCUT2D eigenvalue weighted by atomic mass is 10.2. The number of amides is 1. The number of carbonyl (C=O) groups excluding carboxylic acids is 2. The van der Waals surface area contributed by atoms with Gasteiger partial charge in [0.25, 0.3) is 5.91 Å². The summed E-state index contributed by atoms with van der Waals surface area (Å²) in [6.45, 7) is 0.117. The van der Waals surface area contributed by atoms with Gasteiger partial charge in [-0.2, -0.15) is 0 Å². The van der Waals surface area contributed by atoms with E-state index in [0.29, 0.717) is 21.0 Å². The molecule has 1 atom stereocenters. The highest BCUT2D eigenvalue weighted by atomic mass is 32.2. The molecule has 0 bridgehead atoms. The van der Waals surface area contributed by atoms with E-state index in [1.165, 1.54) is 30.2 Å². The molecular formula is C14H13N3O5S2. The van der Waals surface area contributed by atoms with Gasteiger partial charge in [-0.1, -0.05) is 35.2 Å². The number of esters is 1. The second-order valence-electron chi connectivity index (χ2n) is 4.59. The molecule has 2 heterocycles. The summed E-state index contributed by atoms with van der Waals surface area (Å²) in [6.07, 6.45) is -0.769. The number of thioether (sulfide) groups is 1. The Bertz CT molecular complexity index is 752. The number of para-hydroxylation sites is 2. The number of hydrogen-bond acceptors (Lipinski definition) is 9. The molecule has 0 radical (unpaired) electrons. The van der Waals surface area contributed by atoms with E-state index in [1.54, 1.807) is 18.2 Å². The van der Waals surface area contributed by atoms with E-state index in [-0.39, 0.29) is 24.2 Å². The number of fused-ring (bicyclic) bond motifs is 1. The lowest BCUT2D eigenvalue weighted by molar-refractivity contribution is -0.137. The number of ether oxygens (including phenoxy) is 3. The number of nitrogens with one attached hydrogen (secondary N) is 1. The summed E-state index contributed by atoms with van der Waals surface area (Å²) in [4.78, 5) is 23.3. The van der Waals surface area contributed by atoms with E-state index in [4.69, 9.17) is 9.47 Å². The fraction of sp³-hybridized carbons (Fsp3) is 0.286. The molecule has 2 aromatic rings. The van der Waals surface area contributed by atoms with Crippen LogP contribution in [0, 0.1) is 0 Å². The second kappa shape index (κ2) is 7.49. The molecule has 0 aliphatic carbocycles. The molecule has 24 heavy (non-hydrogen) atoms. The molecule has 126 valence electrons. The lowest BCUT2D eigenvalue weighted by Crippen LogP contribution is -2.40. The van der Waals surface area contributed by atoms with Gasteiger partial charge >= 0.3 is 5.97 Å². The predicted molar refractivity (Wildman–Crippen MR) is 87.6 cm³/mol. The van der Waals surface area contributed by atoms with E-state index in [0.717, 1.165) is 0 Å². The normalized spacial score (nSPS) is 15.6. The quantitative estimate of drug-likeness (QED) is 0.483. The van der Waals surface area contributed by atoms with Gasteiger partial charge in [-0.25, -0.2) is 0 Å². The van der Waals surface area contributed by atoms with Crippen molar-refractivity contribution in [2.75, 3.05) is 24.8 Å². The van der Waals surface area contributed by atoms with Crippen molar-refractivity contribution < 1.29 is 23.8 Å². The second-order valence-corrected chi connectivity index (χ2v) is 6.79. The Morgan fingerprint density at radius 3 is 2.96 bits per heavy atom. The van der Waals surface area contributed by atoms with Gasteiger partial charge < -0.3 is 14.2 Å². The summed E-state index contributed by atoms with van der Waals surface area (Å²) >= 11 is 2.36. The Hall–Kier alpha value is -2.33. The molecule has 1 aromatic heterocycles. The van der Waals surface area contributed by atoms with Gasteiger partial charge in [0, 0.05) is 0 Å². The minimum absolute atomic E-state index is 0.117. The largest absolute Gasteiger partial charge is 0.485 e. The molecule has 10 heteroatoms. The van der Waals surface area contributed by atoms with Gasteiger partial charge in [-0.3, -0.25) is 14.9 Å². The van der Waals surface area contributed by atoms with Crippen molar-refractivity contribution in [3.63, 3.8) is 0 Å². The first-order chi connectivity index (χ1) is 11.7. The van der Waals surface area contributed by atoms with Crippen LogP contribution in [-0.2, 0) is 14.3 Å². The first-order valence-electron chi connectivity index (χ1n) is 6.88. The third-order valence-corrected chi connectivity index (χ3v) is 4.92. The van der Waals surface area contributed by atoms with Crippen molar-refractivity contribution in [3.8, 4) is 11.5 Å². The maximum Gasteiger partial charge on any atom is 0.316 e. The average molecular weight is 367 g/mol. The van der Waals surface area contributed by atoms with E-state index in [2.05, 4.69) is 20.3 Å². The van der Waals surface area contributed by atoms with E-state index >= 15 is 0 Å². The van der Waals surface area contributed by atoms with Gasteiger partial charge in [0.05, 0.1) is 12.9 Å². The third-order valence-electron chi connectivity index (χ3n) is 2.98. The molecule has 3 rings (SSSR count). The fourth-order valence-electron chi connectivity index (χ4n) is 1.83. The zero-order valence-corrected chi connectivity index (χ0v) is 14.2. The van der Waals surface area contributed by atoms with Crippen molar-refractivity contribution in [2.24, 2.45) is 0 Å². The molecule has 1 aliphatic heterocycles. The summed E-state index contributed by atoms with van der Waals surface area (Å²) in [6, 6.07) is 7.15. The number of aromatic nitrogens is 2. The predicted octanol–water partition coefficient (Wildman–Crippen LogP) is 1.58. The van der Waals surface area contributed by atoms with Crippen LogP contribution in [0.5, 0.6) is 11.5 Å². The van der Waals surface area contributed by atoms with Crippen LogP contribution >= 0.6 is 23.1 Å². The van der Waals surface area contributed by atoms with Crippen LogP contribution in [0.4, 0.5) is 5.13 Å². The van der Waals surface area contributed by atoms with Gasteiger partial charge in [-0.15, -0.1) is 10.2 Å². The molecule has 1 aliphatic rings. The van der Waals surface area contributed by atoms with Crippen molar-refractivity contribution in [1.82, 2.24) is 10.2 Å². The lowest BCUT2D eigenvalue weighted by Gasteiger charge is -2.25. The molecule has 0 saturated heterocycles. The first-order valence-corrected chi connectivity index (χ1v) is 8.68. The topological polar surface area (TPSA) is 99.6 Å². The van der Waals surface area contributed by atoms with E-state index in [9.17, 15) is 9.59 Å². The summed E-state index contributed by atoms with van der Waals surface area (Å²) < 4.78 is 16.2.